The van der Waals surface area contributed by atoms with E-state index in [1.54, 1.807) is 36.4 Å². The maximum absolute atomic E-state index is 13.1. The molecule has 0 bridgehead atoms. The summed E-state index contributed by atoms with van der Waals surface area (Å²) in [5.41, 5.74) is 1.30. The third kappa shape index (κ3) is 5.66. The Morgan fingerprint density at radius 1 is 0.857 bits per heavy atom. The summed E-state index contributed by atoms with van der Waals surface area (Å²) < 4.78 is 6.41. The number of ether oxygens (including phenoxy) is 1. The number of rotatable bonds is 5. The van der Waals surface area contributed by atoms with Crippen LogP contribution in [0.2, 0.25) is 20.1 Å². The normalized spacial score (nSPS) is 14.9. The Morgan fingerprint density at radius 2 is 1.54 bits per heavy atom. The van der Waals surface area contributed by atoms with Crippen molar-refractivity contribution in [3.63, 3.8) is 0 Å². The van der Waals surface area contributed by atoms with Crippen LogP contribution >= 0.6 is 62.3 Å². The van der Waals surface area contributed by atoms with Crippen molar-refractivity contribution >= 4 is 91.9 Å². The first kappa shape index (κ1) is 25.5. The van der Waals surface area contributed by atoms with Crippen LogP contribution in [0.25, 0.3) is 6.08 Å². The minimum absolute atomic E-state index is 0.160. The summed E-state index contributed by atoms with van der Waals surface area (Å²) in [6.07, 6.45) is 1.38. The fourth-order valence-electron chi connectivity index (χ4n) is 3.20. The Bertz CT molecular complexity index is 1410. The zero-order valence-electron chi connectivity index (χ0n) is 17.5. The summed E-state index contributed by atoms with van der Waals surface area (Å²) in [5.74, 6) is -1.08. The van der Waals surface area contributed by atoms with E-state index in [0.717, 1.165) is 10.5 Å². The van der Waals surface area contributed by atoms with Gasteiger partial charge in [-0.25, -0.2) is 9.69 Å². The molecule has 0 aliphatic carbocycles. The monoisotopic (exact) mass is 612 g/mol. The predicted octanol–water partition coefficient (Wildman–Crippen LogP) is 7.31. The average Bonchev–Trinajstić information content (AvgIpc) is 2.80. The molecule has 35 heavy (non-hydrogen) atoms. The fraction of sp³-hybridized carbons (Fsp3) is 0.0417. The number of carbonyl (C=O) groups excluding carboxylic acids is 3. The van der Waals surface area contributed by atoms with Crippen molar-refractivity contribution in [2.24, 2.45) is 0 Å². The predicted molar refractivity (Wildman–Crippen MR) is 140 cm³/mol. The maximum atomic E-state index is 13.1. The summed E-state index contributed by atoms with van der Waals surface area (Å²) in [6, 6.07) is 13.6. The summed E-state index contributed by atoms with van der Waals surface area (Å²) >= 11 is 27.4. The van der Waals surface area contributed by atoms with Gasteiger partial charge in [0.1, 0.15) is 17.9 Å². The van der Waals surface area contributed by atoms with Gasteiger partial charge in [0.2, 0.25) is 0 Å². The van der Waals surface area contributed by atoms with Crippen molar-refractivity contribution in [1.82, 2.24) is 5.32 Å². The van der Waals surface area contributed by atoms with E-state index in [4.69, 9.17) is 51.1 Å². The molecule has 4 amide bonds. The Kier molecular flexibility index (Phi) is 7.73. The molecule has 0 radical (unpaired) electrons. The molecule has 4 rings (SSSR count). The highest BCUT2D eigenvalue weighted by atomic mass is 79.9. The Labute approximate surface area is 228 Å². The van der Waals surface area contributed by atoms with Crippen LogP contribution in [0.5, 0.6) is 5.75 Å². The van der Waals surface area contributed by atoms with E-state index >= 15 is 0 Å². The molecule has 0 atom stereocenters. The zero-order chi connectivity index (χ0) is 25.3. The second-order valence-electron chi connectivity index (χ2n) is 7.28. The molecule has 1 aliphatic rings. The van der Waals surface area contributed by atoms with Gasteiger partial charge in [-0.2, -0.15) is 0 Å². The lowest BCUT2D eigenvalue weighted by Gasteiger charge is -2.26. The maximum Gasteiger partial charge on any atom is 0.335 e. The smallest absolute Gasteiger partial charge is 0.335 e. The minimum atomic E-state index is -0.886. The number of imide groups is 2. The second-order valence-corrected chi connectivity index (χ2v) is 9.77. The molecule has 1 heterocycles. The average molecular weight is 615 g/mol. The van der Waals surface area contributed by atoms with Gasteiger partial charge in [-0.05, 0) is 75.6 Å². The van der Waals surface area contributed by atoms with Crippen molar-refractivity contribution in [3.05, 3.63) is 95.9 Å². The number of barbiturate groups is 1. The quantitative estimate of drug-likeness (QED) is 0.242. The SMILES string of the molecule is O=C1NC(=O)N(c2ccc(Cl)c(Cl)c2)C(=O)/C1=C/c1ccc(OCc2ccc(Cl)c(Cl)c2)c(Br)c1. The minimum Gasteiger partial charge on any atom is -0.488 e. The van der Waals surface area contributed by atoms with Gasteiger partial charge >= 0.3 is 6.03 Å². The van der Waals surface area contributed by atoms with E-state index in [9.17, 15) is 14.4 Å². The highest BCUT2D eigenvalue weighted by molar-refractivity contribution is 9.10. The van der Waals surface area contributed by atoms with Crippen LogP contribution in [-0.2, 0) is 16.2 Å². The molecule has 3 aromatic carbocycles. The highest BCUT2D eigenvalue weighted by Gasteiger charge is 2.37. The van der Waals surface area contributed by atoms with Gasteiger partial charge in [0.15, 0.2) is 0 Å². The second kappa shape index (κ2) is 10.6. The van der Waals surface area contributed by atoms with Gasteiger partial charge in [-0.1, -0.05) is 58.5 Å². The van der Waals surface area contributed by atoms with E-state index in [1.807, 2.05) is 0 Å². The Hall–Kier alpha value is -2.55. The molecule has 178 valence electrons. The Balaban J connectivity index is 1.56. The van der Waals surface area contributed by atoms with Crippen molar-refractivity contribution in [1.29, 1.82) is 0 Å². The largest absolute Gasteiger partial charge is 0.488 e. The van der Waals surface area contributed by atoms with E-state index in [2.05, 4.69) is 21.2 Å². The van der Waals surface area contributed by atoms with Crippen LogP contribution in [-0.4, -0.2) is 17.8 Å². The van der Waals surface area contributed by atoms with Crippen LogP contribution in [0.15, 0.2) is 64.6 Å². The van der Waals surface area contributed by atoms with Crippen LogP contribution < -0.4 is 15.0 Å². The fourth-order valence-corrected chi connectivity index (χ4v) is 4.32. The first-order valence-electron chi connectivity index (χ1n) is 9.87. The number of amides is 4. The Morgan fingerprint density at radius 3 is 2.20 bits per heavy atom. The lowest BCUT2D eigenvalue weighted by atomic mass is 10.1. The van der Waals surface area contributed by atoms with Gasteiger partial charge in [0.25, 0.3) is 11.8 Å². The van der Waals surface area contributed by atoms with Crippen LogP contribution in [0, 0.1) is 0 Å². The number of carbonyl (C=O) groups is 3. The number of benzene rings is 3. The summed E-state index contributed by atoms with van der Waals surface area (Å²) in [7, 11) is 0. The molecule has 1 saturated heterocycles. The van der Waals surface area contributed by atoms with Crippen molar-refractivity contribution in [2.45, 2.75) is 6.61 Å². The van der Waals surface area contributed by atoms with Gasteiger partial charge in [-0.15, -0.1) is 0 Å². The van der Waals surface area contributed by atoms with Gasteiger partial charge < -0.3 is 4.74 Å². The number of hydrogen-bond acceptors (Lipinski definition) is 4. The number of nitrogens with one attached hydrogen (secondary N) is 1. The van der Waals surface area contributed by atoms with Gasteiger partial charge in [0, 0.05) is 0 Å². The third-order valence-corrected chi connectivity index (χ3v) is 7.01. The molecule has 6 nitrogen and oxygen atoms in total. The number of anilines is 1. The molecule has 0 unspecified atom stereocenters. The number of nitrogens with zero attached hydrogens (tertiary/aromatic N) is 1. The summed E-state index contributed by atoms with van der Waals surface area (Å²) in [4.78, 5) is 38.7. The third-order valence-electron chi connectivity index (χ3n) is 4.91. The molecule has 11 heteroatoms. The zero-order valence-corrected chi connectivity index (χ0v) is 22.1. The molecular formula is C24H13BrCl4N2O4. The first-order chi connectivity index (χ1) is 16.6. The number of urea groups is 1. The van der Waals surface area contributed by atoms with Crippen molar-refractivity contribution in [2.75, 3.05) is 4.90 Å². The van der Waals surface area contributed by atoms with E-state index < -0.39 is 17.8 Å². The number of hydrogen-bond donors (Lipinski definition) is 1. The first-order valence-corrected chi connectivity index (χ1v) is 12.2. The molecule has 0 aromatic heterocycles. The molecule has 1 N–H and O–H groups in total. The van der Waals surface area contributed by atoms with Crippen LogP contribution in [0.4, 0.5) is 10.5 Å². The van der Waals surface area contributed by atoms with Gasteiger partial charge in [-0.3, -0.25) is 14.9 Å². The van der Waals surface area contributed by atoms with Crippen molar-refractivity contribution in [3.8, 4) is 5.75 Å². The lowest BCUT2D eigenvalue weighted by Crippen LogP contribution is -2.54. The van der Waals surface area contributed by atoms with Crippen LogP contribution in [0.1, 0.15) is 11.1 Å². The molecule has 1 fully saturated rings. The highest BCUT2D eigenvalue weighted by Crippen LogP contribution is 2.31. The van der Waals surface area contributed by atoms with E-state index in [-0.39, 0.29) is 27.9 Å². The lowest BCUT2D eigenvalue weighted by molar-refractivity contribution is -0.122. The molecule has 0 saturated carbocycles. The standard InChI is InChI=1S/C24H13BrCl4N2O4/c25-16-8-12(2-6-21(16)35-11-13-1-4-17(26)19(28)9-13)7-15-22(32)30-24(34)31(23(15)33)14-3-5-18(27)20(29)10-14/h1-10H,11H2,(H,30,32,34)/b15-7+. The van der Waals surface area contributed by atoms with E-state index in [1.165, 1.54) is 24.3 Å². The van der Waals surface area contributed by atoms with E-state index in [0.29, 0.717) is 25.8 Å². The molecule has 3 aromatic rings. The van der Waals surface area contributed by atoms with Gasteiger partial charge in [0.05, 0.1) is 30.3 Å². The summed E-state index contributed by atoms with van der Waals surface area (Å²) in [6.45, 7) is 0.248. The topological polar surface area (TPSA) is 75.7 Å². The number of halogens is 5. The van der Waals surface area contributed by atoms with Crippen molar-refractivity contribution < 1.29 is 19.1 Å². The van der Waals surface area contributed by atoms with Crippen LogP contribution in [0.3, 0.4) is 0 Å². The molecule has 1 aliphatic heterocycles. The molecular weight excluding hydrogens is 602 g/mol. The summed E-state index contributed by atoms with van der Waals surface area (Å²) in [5, 5.41) is 3.47. The molecule has 0 spiro atoms.